The predicted molar refractivity (Wildman–Crippen MR) is 118 cm³/mol. The summed E-state index contributed by atoms with van der Waals surface area (Å²) in [5.74, 6) is -0.505. The fourth-order valence-corrected chi connectivity index (χ4v) is 4.85. The smallest absolute Gasteiger partial charge is 0.341 e. The zero-order valence-corrected chi connectivity index (χ0v) is 17.3. The third-order valence-corrected chi connectivity index (χ3v) is 6.08. The molecule has 0 radical (unpaired) electrons. The van der Waals surface area contributed by atoms with Crippen LogP contribution in [0.3, 0.4) is 0 Å². The lowest BCUT2D eigenvalue weighted by Gasteiger charge is -2.36. The highest BCUT2D eigenvalue weighted by atomic mass is 16.5. The largest absolute Gasteiger partial charge is 0.462 e. The monoisotopic (exact) mass is 414 g/mol. The predicted octanol–water partition coefficient (Wildman–Crippen LogP) is 3.62. The summed E-state index contributed by atoms with van der Waals surface area (Å²) in [5, 5.41) is 1.78. The Labute approximate surface area is 179 Å². The van der Waals surface area contributed by atoms with Gasteiger partial charge in [-0.3, -0.25) is 4.79 Å². The highest BCUT2D eigenvalue weighted by Gasteiger charge is 2.60. The van der Waals surface area contributed by atoms with Gasteiger partial charge in [0.05, 0.1) is 6.61 Å². The molecule has 2 heterocycles. The van der Waals surface area contributed by atoms with Gasteiger partial charge in [0.15, 0.2) is 0 Å². The van der Waals surface area contributed by atoms with Crippen molar-refractivity contribution in [3.05, 3.63) is 83.2 Å². The maximum absolute atomic E-state index is 14.1. The van der Waals surface area contributed by atoms with E-state index in [1.165, 1.54) is 0 Å². The Balaban J connectivity index is 1.93. The number of benzene rings is 3. The number of carbonyl (C=O) groups excluding carboxylic acids is 2. The Morgan fingerprint density at radius 2 is 1.77 bits per heavy atom. The lowest BCUT2D eigenvalue weighted by atomic mass is 9.68. The van der Waals surface area contributed by atoms with Crippen LogP contribution in [0.2, 0.25) is 0 Å². The van der Waals surface area contributed by atoms with Gasteiger partial charge in [0, 0.05) is 28.7 Å². The number of fused-ring (bicyclic) bond motifs is 6. The van der Waals surface area contributed by atoms with Gasteiger partial charge in [-0.15, -0.1) is 0 Å². The standard InChI is InChI=1S/C25H22N2O4/c1-3-27-19-12-8-7-11-17(19)25(24(27)29)18-14-13-15-9-5-6-10-16(15)21(18)31-22(26)20(25)23(28)30-4-2/h5-14H,3-4,26H2,1-2H3. The molecule has 31 heavy (non-hydrogen) atoms. The topological polar surface area (TPSA) is 81.9 Å². The van der Waals surface area contributed by atoms with Crippen LogP contribution in [0.1, 0.15) is 25.0 Å². The van der Waals surface area contributed by atoms with Crippen molar-refractivity contribution in [2.24, 2.45) is 5.73 Å². The van der Waals surface area contributed by atoms with Gasteiger partial charge in [-0.1, -0.05) is 54.6 Å². The summed E-state index contributed by atoms with van der Waals surface area (Å²) in [4.78, 5) is 29.0. The van der Waals surface area contributed by atoms with E-state index in [0.29, 0.717) is 23.4 Å². The number of nitrogens with two attached hydrogens (primary N) is 1. The molecular weight excluding hydrogens is 392 g/mol. The molecule has 156 valence electrons. The molecule has 2 aliphatic rings. The van der Waals surface area contributed by atoms with Crippen LogP contribution >= 0.6 is 0 Å². The van der Waals surface area contributed by atoms with Crippen molar-refractivity contribution >= 4 is 28.3 Å². The average Bonchev–Trinajstić information content (AvgIpc) is 3.02. The first-order chi connectivity index (χ1) is 15.1. The van der Waals surface area contributed by atoms with Crippen molar-refractivity contribution in [2.45, 2.75) is 19.3 Å². The van der Waals surface area contributed by atoms with Gasteiger partial charge in [-0.05, 0) is 25.3 Å². The van der Waals surface area contributed by atoms with Crippen LogP contribution in [0.25, 0.3) is 10.8 Å². The molecule has 0 aromatic heterocycles. The van der Waals surface area contributed by atoms with Crippen molar-refractivity contribution in [1.29, 1.82) is 0 Å². The normalized spacial score (nSPS) is 19.4. The minimum absolute atomic E-state index is 0.0329. The van der Waals surface area contributed by atoms with Crippen LogP contribution in [0.4, 0.5) is 5.69 Å². The number of carbonyl (C=O) groups is 2. The van der Waals surface area contributed by atoms with E-state index < -0.39 is 11.4 Å². The molecule has 0 bridgehead atoms. The van der Waals surface area contributed by atoms with Crippen LogP contribution in [0, 0.1) is 0 Å². The highest BCUT2D eigenvalue weighted by molar-refractivity contribution is 6.19. The molecule has 5 rings (SSSR count). The molecular formula is C25H22N2O4. The number of ether oxygens (including phenoxy) is 2. The van der Waals surface area contributed by atoms with Gasteiger partial charge in [0.25, 0.3) is 0 Å². The first kappa shape index (κ1) is 19.2. The molecule has 1 spiro atoms. The second-order valence-corrected chi connectivity index (χ2v) is 7.54. The molecule has 3 aromatic rings. The van der Waals surface area contributed by atoms with E-state index in [1.54, 1.807) is 11.8 Å². The third-order valence-electron chi connectivity index (χ3n) is 6.08. The van der Waals surface area contributed by atoms with Crippen molar-refractivity contribution in [2.75, 3.05) is 18.1 Å². The molecule has 1 amide bonds. The Kier molecular flexibility index (Phi) is 4.25. The number of anilines is 1. The number of para-hydroxylation sites is 1. The Morgan fingerprint density at radius 3 is 2.55 bits per heavy atom. The molecule has 1 unspecified atom stereocenters. The molecule has 2 N–H and O–H groups in total. The van der Waals surface area contributed by atoms with Gasteiger partial charge in [0.1, 0.15) is 16.7 Å². The van der Waals surface area contributed by atoms with Gasteiger partial charge in [-0.2, -0.15) is 0 Å². The molecule has 3 aromatic carbocycles. The van der Waals surface area contributed by atoms with Gasteiger partial charge in [-0.25, -0.2) is 4.79 Å². The average molecular weight is 414 g/mol. The van der Waals surface area contributed by atoms with Crippen LogP contribution in [-0.2, 0) is 19.7 Å². The van der Waals surface area contributed by atoms with Crippen LogP contribution < -0.4 is 15.4 Å². The molecule has 6 nitrogen and oxygen atoms in total. The van der Waals surface area contributed by atoms with Gasteiger partial charge < -0.3 is 20.1 Å². The van der Waals surface area contributed by atoms with E-state index in [0.717, 1.165) is 16.5 Å². The van der Waals surface area contributed by atoms with Gasteiger partial charge in [0.2, 0.25) is 11.8 Å². The summed E-state index contributed by atoms with van der Waals surface area (Å²) in [5.41, 5.74) is 7.02. The van der Waals surface area contributed by atoms with Crippen LogP contribution in [0.5, 0.6) is 5.75 Å². The number of hydrogen-bond acceptors (Lipinski definition) is 5. The minimum atomic E-state index is -1.43. The fourth-order valence-electron chi connectivity index (χ4n) is 4.85. The molecule has 6 heteroatoms. The van der Waals surface area contributed by atoms with E-state index in [1.807, 2.05) is 67.6 Å². The Morgan fingerprint density at radius 1 is 1.03 bits per heavy atom. The molecule has 0 fully saturated rings. The van der Waals surface area contributed by atoms with Crippen molar-refractivity contribution < 1.29 is 19.1 Å². The van der Waals surface area contributed by atoms with E-state index in [9.17, 15) is 9.59 Å². The zero-order chi connectivity index (χ0) is 21.8. The Hall–Kier alpha value is -3.80. The van der Waals surface area contributed by atoms with E-state index in [4.69, 9.17) is 15.2 Å². The third kappa shape index (κ3) is 2.39. The highest BCUT2D eigenvalue weighted by Crippen LogP contribution is 2.56. The number of amides is 1. The van der Waals surface area contributed by atoms with E-state index >= 15 is 0 Å². The second-order valence-electron chi connectivity index (χ2n) is 7.54. The quantitative estimate of drug-likeness (QED) is 0.662. The van der Waals surface area contributed by atoms with Crippen LogP contribution in [0.15, 0.2) is 72.1 Å². The SMILES string of the molecule is CCOC(=O)C1=C(N)Oc2c(ccc3ccccc23)C12C(=O)N(CC)c1ccccc12. The van der Waals surface area contributed by atoms with Crippen molar-refractivity contribution in [3.8, 4) is 5.75 Å². The molecule has 0 aliphatic carbocycles. The number of rotatable bonds is 3. The number of nitrogens with zero attached hydrogens (tertiary/aromatic N) is 1. The fraction of sp³-hybridized carbons (Fsp3) is 0.200. The summed E-state index contributed by atoms with van der Waals surface area (Å²) < 4.78 is 11.4. The zero-order valence-electron chi connectivity index (χ0n) is 17.3. The lowest BCUT2D eigenvalue weighted by Crippen LogP contribution is -2.48. The number of hydrogen-bond donors (Lipinski definition) is 1. The molecule has 1 atom stereocenters. The summed E-state index contributed by atoms with van der Waals surface area (Å²) in [6.07, 6.45) is 0. The molecule has 0 saturated carbocycles. The summed E-state index contributed by atoms with van der Waals surface area (Å²) >= 11 is 0. The van der Waals surface area contributed by atoms with E-state index in [2.05, 4.69) is 0 Å². The second kappa shape index (κ2) is 6.87. The van der Waals surface area contributed by atoms with Gasteiger partial charge >= 0.3 is 5.97 Å². The van der Waals surface area contributed by atoms with Crippen molar-refractivity contribution in [3.63, 3.8) is 0 Å². The number of esters is 1. The Bertz CT molecular complexity index is 1280. The molecule has 0 saturated heterocycles. The summed E-state index contributed by atoms with van der Waals surface area (Å²) in [6.45, 7) is 4.24. The minimum Gasteiger partial charge on any atom is -0.462 e. The number of likely N-dealkylation sites (N-methyl/N-ethyl adjacent to an activating group) is 1. The first-order valence-corrected chi connectivity index (χ1v) is 10.3. The maximum atomic E-state index is 14.1. The summed E-state index contributed by atoms with van der Waals surface area (Å²) in [7, 11) is 0. The van der Waals surface area contributed by atoms with Crippen LogP contribution in [-0.4, -0.2) is 25.0 Å². The maximum Gasteiger partial charge on any atom is 0.341 e. The molecule has 2 aliphatic heterocycles. The summed E-state index contributed by atoms with van der Waals surface area (Å²) in [6, 6.07) is 19.0. The van der Waals surface area contributed by atoms with Crippen molar-refractivity contribution in [1.82, 2.24) is 0 Å². The van der Waals surface area contributed by atoms with E-state index in [-0.39, 0.29) is 24.0 Å². The first-order valence-electron chi connectivity index (χ1n) is 10.3. The lowest BCUT2D eigenvalue weighted by molar-refractivity contribution is -0.140.